The second-order valence-corrected chi connectivity index (χ2v) is 14.2. The maximum Gasteiger partial charge on any atom is 0.216 e. The molecule has 6 N–H and O–H groups in total. The average molecular weight is 811 g/mol. The number of likely N-dealkylation sites (tertiary alicyclic amines) is 1. The Kier molecular flexibility index (Phi) is 22.7. The van der Waals surface area contributed by atoms with E-state index in [0.29, 0.717) is 46.5 Å². The summed E-state index contributed by atoms with van der Waals surface area (Å²) >= 11 is 0. The Hall–Kier alpha value is -5.66. The lowest BCUT2D eigenvalue weighted by atomic mass is 9.96. The van der Waals surface area contributed by atoms with Gasteiger partial charge < -0.3 is 46.3 Å². The van der Waals surface area contributed by atoms with Gasteiger partial charge in [0.25, 0.3) is 0 Å². The number of amidine groups is 1. The lowest BCUT2D eigenvalue weighted by molar-refractivity contribution is -0.135. The van der Waals surface area contributed by atoms with E-state index < -0.39 is 6.04 Å². The molecule has 0 radical (unpaired) electrons. The summed E-state index contributed by atoms with van der Waals surface area (Å²) in [6.07, 6.45) is 8.37. The number of allylic oxidation sites excluding steroid dienone is 1. The number of aryl methyl sites for hydroxylation is 1. The first-order valence-corrected chi connectivity index (χ1v) is 20.4. The second kappa shape index (κ2) is 27.1. The van der Waals surface area contributed by atoms with Crippen molar-refractivity contribution >= 4 is 53.9 Å². The number of nitrogens with one attached hydrogen (secondary N) is 3. The van der Waals surface area contributed by atoms with Crippen molar-refractivity contribution in [3.05, 3.63) is 95.1 Å². The number of benzene rings is 3. The fourth-order valence-corrected chi connectivity index (χ4v) is 6.93. The molecule has 59 heavy (non-hydrogen) atoms. The maximum atomic E-state index is 10.3. The number of anilines is 2. The number of hydrogen-bond donors (Lipinski definition) is 5. The molecule has 1 atom stereocenters. The van der Waals surface area contributed by atoms with Crippen LogP contribution in [0.2, 0.25) is 0 Å². The normalized spacial score (nSPS) is 15.4. The summed E-state index contributed by atoms with van der Waals surface area (Å²) in [6.45, 7) is 12.8. The monoisotopic (exact) mass is 811 g/mol. The molecular formula is C46H66N8O5. The molecule has 3 aromatic carbocycles. The van der Waals surface area contributed by atoms with Gasteiger partial charge >= 0.3 is 0 Å². The minimum atomic E-state index is -0.815. The van der Waals surface area contributed by atoms with Crippen LogP contribution in [0.4, 0.5) is 11.4 Å². The summed E-state index contributed by atoms with van der Waals surface area (Å²) in [7, 11) is 5.40. The number of aliphatic imine (C=N–C) groups is 1. The van der Waals surface area contributed by atoms with Crippen LogP contribution in [0.5, 0.6) is 5.75 Å². The van der Waals surface area contributed by atoms with E-state index >= 15 is 0 Å². The van der Waals surface area contributed by atoms with Gasteiger partial charge in [0.05, 0.1) is 11.8 Å². The number of para-hydroxylation sites is 1. The average Bonchev–Trinajstić information content (AvgIpc) is 3.27. The largest absolute Gasteiger partial charge is 0.507 e. The first kappa shape index (κ1) is 49.5. The van der Waals surface area contributed by atoms with E-state index in [2.05, 4.69) is 81.7 Å². The SMILES string of the molecule is CC.CN=C(N)/C(=C\C(=N)c1ccccc1O)c1ccc(N2CCC(N3CCC(Nc4cccc(C)c4C)CC3)CC2)cc1.CNC.O=CCCC(C=O)N(C=O)C=O. The van der Waals surface area contributed by atoms with Crippen molar-refractivity contribution in [1.29, 1.82) is 5.41 Å². The molecule has 2 saturated heterocycles. The summed E-state index contributed by atoms with van der Waals surface area (Å²) in [5, 5.41) is 25.3. The van der Waals surface area contributed by atoms with Gasteiger partial charge in [-0.15, -0.1) is 0 Å². The molecule has 2 fully saturated rings. The van der Waals surface area contributed by atoms with Crippen LogP contribution in [0.3, 0.4) is 0 Å². The summed E-state index contributed by atoms with van der Waals surface area (Å²) < 4.78 is 0. The van der Waals surface area contributed by atoms with Crippen molar-refractivity contribution in [3.8, 4) is 5.75 Å². The number of rotatable bonds is 15. The minimum Gasteiger partial charge on any atom is -0.507 e. The first-order chi connectivity index (χ1) is 28.5. The summed E-state index contributed by atoms with van der Waals surface area (Å²) in [6, 6.07) is 22.2. The summed E-state index contributed by atoms with van der Waals surface area (Å²) in [5.74, 6) is 0.430. The van der Waals surface area contributed by atoms with E-state index in [4.69, 9.17) is 11.1 Å². The van der Waals surface area contributed by atoms with Gasteiger partial charge in [0.15, 0.2) is 0 Å². The molecule has 0 aliphatic carbocycles. The molecule has 1 unspecified atom stereocenters. The Bertz CT molecular complexity index is 1810. The fourth-order valence-electron chi connectivity index (χ4n) is 6.93. The smallest absolute Gasteiger partial charge is 0.216 e. The van der Waals surface area contributed by atoms with E-state index in [-0.39, 0.29) is 37.1 Å². The topological polar surface area (TPSA) is 185 Å². The Morgan fingerprint density at radius 3 is 2.07 bits per heavy atom. The third kappa shape index (κ3) is 15.2. The molecule has 0 saturated carbocycles. The van der Waals surface area contributed by atoms with Gasteiger partial charge in [-0.05, 0) is 113 Å². The van der Waals surface area contributed by atoms with Crippen LogP contribution in [0.15, 0.2) is 77.8 Å². The number of nitrogens with two attached hydrogens (primary N) is 1. The first-order valence-electron chi connectivity index (χ1n) is 20.4. The van der Waals surface area contributed by atoms with Crippen molar-refractivity contribution in [1.82, 2.24) is 15.1 Å². The highest BCUT2D eigenvalue weighted by Crippen LogP contribution is 2.28. The van der Waals surface area contributed by atoms with Crippen LogP contribution in [0, 0.1) is 19.3 Å². The van der Waals surface area contributed by atoms with Crippen LogP contribution in [-0.4, -0.2) is 117 Å². The molecule has 13 nitrogen and oxygen atoms in total. The molecule has 2 heterocycles. The predicted octanol–water partition coefficient (Wildman–Crippen LogP) is 6.00. The second-order valence-electron chi connectivity index (χ2n) is 14.2. The number of aldehydes is 2. The number of phenols is 1. The van der Waals surface area contributed by atoms with E-state index in [1.807, 2.05) is 27.9 Å². The molecule has 0 spiro atoms. The van der Waals surface area contributed by atoms with Gasteiger partial charge in [-0.25, -0.2) is 0 Å². The van der Waals surface area contributed by atoms with Gasteiger partial charge in [-0.3, -0.25) is 19.5 Å². The Balaban J connectivity index is 0.000000599. The number of carbonyl (C=O) groups excluding carboxylic acids is 4. The Morgan fingerprint density at radius 2 is 1.53 bits per heavy atom. The molecule has 0 aromatic heterocycles. The van der Waals surface area contributed by atoms with Crippen molar-refractivity contribution in [3.63, 3.8) is 0 Å². The highest BCUT2D eigenvalue weighted by molar-refractivity contribution is 6.28. The van der Waals surface area contributed by atoms with Gasteiger partial charge in [0.2, 0.25) is 12.8 Å². The minimum absolute atomic E-state index is 0.0715. The zero-order valence-corrected chi connectivity index (χ0v) is 36.0. The van der Waals surface area contributed by atoms with Crippen LogP contribution >= 0.6 is 0 Å². The third-order valence-corrected chi connectivity index (χ3v) is 10.4. The standard InChI is InChI=1S/C35H44N6O.C7H9NO4.C2H7N.C2H6/c1-24-7-6-9-33(25(24)2)39-27-15-19-40(20-16-27)29-17-21-41(22-18-29)28-13-11-26(12-14-28)31(35(37)38-3)23-32(36)30-8-4-5-10-34(30)42;9-3-1-2-7(4-10)8(5-11)6-12;1-3-2;1-2/h4-14,23,27,29,36,39,42H,15-22H2,1-3H3,(H2,37,38);3-7H,1-2H2;3H,1-2H3;1-2H3/b31-23-,36-32?;;;. The van der Waals surface area contributed by atoms with Crippen molar-refractivity contribution in [2.75, 3.05) is 57.5 Å². The van der Waals surface area contributed by atoms with Gasteiger partial charge in [-0.1, -0.05) is 50.2 Å². The Labute approximate surface area is 351 Å². The molecule has 2 aliphatic heterocycles. The quantitative estimate of drug-likeness (QED) is 0.0693. The maximum absolute atomic E-state index is 10.3. The number of carbonyl (C=O) groups is 4. The number of nitrogens with zero attached hydrogens (tertiary/aromatic N) is 4. The molecule has 5 rings (SSSR count). The molecule has 0 bridgehead atoms. The molecule has 2 aliphatic rings. The number of amides is 2. The van der Waals surface area contributed by atoms with Crippen LogP contribution in [0.25, 0.3) is 5.57 Å². The molecule has 3 aromatic rings. The number of aromatic hydroxyl groups is 1. The molecule has 2 amide bonds. The lowest BCUT2D eigenvalue weighted by Gasteiger charge is -2.42. The van der Waals surface area contributed by atoms with E-state index in [0.717, 1.165) is 31.7 Å². The molecule has 13 heteroatoms. The third-order valence-electron chi connectivity index (χ3n) is 10.4. The molecular weight excluding hydrogens is 745 g/mol. The summed E-state index contributed by atoms with van der Waals surface area (Å²) in [5.41, 5.74) is 13.7. The number of piperidine rings is 2. The zero-order chi connectivity index (χ0) is 43.7. The summed E-state index contributed by atoms with van der Waals surface area (Å²) in [4.78, 5) is 50.6. The van der Waals surface area contributed by atoms with Crippen molar-refractivity contribution in [2.45, 2.75) is 84.3 Å². The zero-order valence-electron chi connectivity index (χ0n) is 36.0. The van der Waals surface area contributed by atoms with Crippen LogP contribution in [0.1, 0.15) is 74.6 Å². The van der Waals surface area contributed by atoms with Crippen molar-refractivity contribution in [2.24, 2.45) is 10.7 Å². The van der Waals surface area contributed by atoms with Gasteiger partial charge in [0.1, 0.15) is 24.2 Å². The van der Waals surface area contributed by atoms with E-state index in [1.165, 1.54) is 48.2 Å². The Morgan fingerprint density at radius 1 is 0.915 bits per heavy atom. The predicted molar refractivity (Wildman–Crippen MR) is 242 cm³/mol. The molecule has 320 valence electrons. The van der Waals surface area contributed by atoms with Crippen LogP contribution in [-0.2, 0) is 19.2 Å². The highest BCUT2D eigenvalue weighted by atomic mass is 16.3. The number of hydrogen-bond acceptors (Lipinski definition) is 11. The highest BCUT2D eigenvalue weighted by Gasteiger charge is 2.28. The number of imide groups is 1. The van der Waals surface area contributed by atoms with E-state index in [1.54, 1.807) is 37.4 Å². The fraction of sp³-hybridized carbons (Fsp3) is 0.435. The van der Waals surface area contributed by atoms with Gasteiger partial charge in [-0.2, -0.15) is 0 Å². The number of phenolic OH excluding ortho intramolecular Hbond substituents is 1. The van der Waals surface area contributed by atoms with Gasteiger partial charge in [0, 0.05) is 74.2 Å². The van der Waals surface area contributed by atoms with E-state index in [9.17, 15) is 24.3 Å². The lowest BCUT2D eigenvalue weighted by Crippen LogP contribution is -2.49. The van der Waals surface area contributed by atoms with Crippen molar-refractivity contribution < 1.29 is 24.3 Å². The van der Waals surface area contributed by atoms with Crippen LogP contribution < -0.4 is 21.3 Å².